The van der Waals surface area contributed by atoms with Gasteiger partial charge < -0.3 is 4.74 Å². The average molecular weight is 255 g/mol. The second-order valence-corrected chi connectivity index (χ2v) is 3.26. The van der Waals surface area contributed by atoms with Gasteiger partial charge in [0.1, 0.15) is 22.9 Å². The molecular weight excluding hydrogens is 248 g/mol. The summed E-state index contributed by atoms with van der Waals surface area (Å²) in [6, 6.07) is 4.05. The minimum Gasteiger partial charge on any atom is -0.497 e. The van der Waals surface area contributed by atoms with Gasteiger partial charge in [-0.05, 0) is 6.07 Å². The van der Waals surface area contributed by atoms with E-state index in [1.807, 2.05) is 0 Å². The Bertz CT molecular complexity index is 522. The van der Waals surface area contributed by atoms with Crippen LogP contribution >= 0.6 is 11.6 Å². The Balaban J connectivity index is 3.59. The number of nitro benzene ring substituents is 1. The molecule has 0 aromatic heterocycles. The summed E-state index contributed by atoms with van der Waals surface area (Å²) in [5.41, 5.74) is -0.998. The molecule has 0 heterocycles. The number of nitro groups is 1. The molecule has 1 aromatic rings. The van der Waals surface area contributed by atoms with E-state index in [9.17, 15) is 14.9 Å². The number of alkyl halides is 1. The van der Waals surface area contributed by atoms with Gasteiger partial charge in [0.05, 0.1) is 17.9 Å². The molecule has 0 spiro atoms. The van der Waals surface area contributed by atoms with E-state index in [2.05, 4.69) is 0 Å². The molecule has 0 atom stereocenters. The summed E-state index contributed by atoms with van der Waals surface area (Å²) >= 11 is 5.36. The first-order valence-corrected chi connectivity index (χ1v) is 4.94. The average Bonchev–Trinajstić information content (AvgIpc) is 2.35. The summed E-state index contributed by atoms with van der Waals surface area (Å²) in [6.45, 7) is 0. The molecule has 0 N–H and O–H groups in total. The minimum absolute atomic E-state index is 0.195. The largest absolute Gasteiger partial charge is 0.497 e. The fraction of sp³-hybridized carbons (Fsp3) is 0.200. The van der Waals surface area contributed by atoms with Crippen LogP contribution in [0.5, 0.6) is 5.75 Å². The highest BCUT2D eigenvalue weighted by Crippen LogP contribution is 2.29. The molecule has 0 bridgehead atoms. The van der Waals surface area contributed by atoms with Gasteiger partial charge in [0.2, 0.25) is 0 Å². The number of Topliss-reactive ketones (excluding diaryl/α,β-unsaturated/α-hetero) is 1. The number of ketones is 1. The first-order chi connectivity index (χ1) is 8.04. The first-order valence-electron chi connectivity index (χ1n) is 4.40. The molecule has 0 aliphatic carbocycles. The highest BCUT2D eigenvalue weighted by Gasteiger charge is 2.25. The lowest BCUT2D eigenvalue weighted by Crippen LogP contribution is -2.07. The SMILES string of the molecule is COc1cc(C#N)c([N+](=O)[O-])c(C(=O)CCl)c1. The Labute approximate surface area is 102 Å². The third kappa shape index (κ3) is 2.52. The molecule has 17 heavy (non-hydrogen) atoms. The Kier molecular flexibility index (Phi) is 4.01. The Morgan fingerprint density at radius 2 is 2.29 bits per heavy atom. The molecule has 0 fully saturated rings. The van der Waals surface area contributed by atoms with Crippen LogP contribution in [0.4, 0.5) is 5.69 Å². The van der Waals surface area contributed by atoms with Crippen LogP contribution in [0.25, 0.3) is 0 Å². The molecule has 0 aliphatic rings. The number of nitrogens with zero attached hydrogens (tertiary/aromatic N) is 2. The van der Waals surface area contributed by atoms with Gasteiger partial charge in [-0.1, -0.05) is 0 Å². The quantitative estimate of drug-likeness (QED) is 0.354. The van der Waals surface area contributed by atoms with Crippen molar-refractivity contribution in [3.05, 3.63) is 33.4 Å². The normalized spacial score (nSPS) is 9.47. The van der Waals surface area contributed by atoms with Crippen molar-refractivity contribution in [3.63, 3.8) is 0 Å². The van der Waals surface area contributed by atoms with Gasteiger partial charge in [-0.2, -0.15) is 5.26 Å². The maximum absolute atomic E-state index is 11.5. The van der Waals surface area contributed by atoms with Gasteiger partial charge in [-0.15, -0.1) is 11.6 Å². The molecule has 7 heteroatoms. The van der Waals surface area contributed by atoms with E-state index in [-0.39, 0.29) is 16.9 Å². The number of carbonyl (C=O) groups excluding carboxylic acids is 1. The van der Waals surface area contributed by atoms with Crippen LogP contribution in [-0.2, 0) is 0 Å². The second kappa shape index (κ2) is 5.27. The molecule has 0 aliphatic heterocycles. The molecule has 0 radical (unpaired) electrons. The van der Waals surface area contributed by atoms with Gasteiger partial charge in [-0.3, -0.25) is 14.9 Å². The van der Waals surface area contributed by atoms with Gasteiger partial charge in [0.25, 0.3) is 5.69 Å². The number of carbonyl (C=O) groups is 1. The van der Waals surface area contributed by atoms with Crippen LogP contribution in [0.2, 0.25) is 0 Å². The van der Waals surface area contributed by atoms with E-state index in [1.165, 1.54) is 19.2 Å². The summed E-state index contributed by atoms with van der Waals surface area (Å²) in [4.78, 5) is 21.5. The number of nitriles is 1. The van der Waals surface area contributed by atoms with Crippen LogP contribution in [0.1, 0.15) is 15.9 Å². The first kappa shape index (κ1) is 12.9. The van der Waals surface area contributed by atoms with Crippen LogP contribution in [0.3, 0.4) is 0 Å². The van der Waals surface area contributed by atoms with E-state index in [0.29, 0.717) is 0 Å². The lowest BCUT2D eigenvalue weighted by atomic mass is 10.0. The Hall–Kier alpha value is -2.13. The zero-order chi connectivity index (χ0) is 13.0. The summed E-state index contributed by atoms with van der Waals surface area (Å²) in [5, 5.41) is 19.7. The molecule has 0 unspecified atom stereocenters. The molecule has 6 nitrogen and oxygen atoms in total. The number of rotatable bonds is 4. The summed E-state index contributed by atoms with van der Waals surface area (Å²) in [7, 11) is 1.33. The fourth-order valence-corrected chi connectivity index (χ4v) is 1.44. The molecular formula is C10H7ClN2O4. The van der Waals surface area contributed by atoms with E-state index < -0.39 is 22.3 Å². The fourth-order valence-electron chi connectivity index (χ4n) is 1.29. The smallest absolute Gasteiger partial charge is 0.298 e. The topological polar surface area (TPSA) is 93.2 Å². The molecule has 88 valence electrons. The van der Waals surface area contributed by atoms with Gasteiger partial charge in [0, 0.05) is 6.07 Å². The predicted molar refractivity (Wildman–Crippen MR) is 59.4 cm³/mol. The maximum Gasteiger partial charge on any atom is 0.298 e. The third-order valence-electron chi connectivity index (χ3n) is 2.04. The van der Waals surface area contributed by atoms with Crippen LogP contribution in [-0.4, -0.2) is 23.7 Å². The number of hydrogen-bond acceptors (Lipinski definition) is 5. The van der Waals surface area contributed by atoms with E-state index in [1.54, 1.807) is 6.07 Å². The van der Waals surface area contributed by atoms with Crippen LogP contribution in [0, 0.1) is 21.4 Å². The highest BCUT2D eigenvalue weighted by molar-refractivity contribution is 6.31. The van der Waals surface area contributed by atoms with Crippen molar-refractivity contribution >= 4 is 23.1 Å². The number of benzene rings is 1. The number of hydrogen-bond donors (Lipinski definition) is 0. The standard InChI is InChI=1S/C10H7ClN2O4/c1-17-7-2-6(5-12)10(13(15)16)8(3-7)9(14)4-11/h2-3H,4H2,1H3. The van der Waals surface area contributed by atoms with E-state index in [4.69, 9.17) is 21.6 Å². The number of ether oxygens (including phenoxy) is 1. The van der Waals surface area contributed by atoms with Gasteiger partial charge in [-0.25, -0.2) is 0 Å². The van der Waals surface area contributed by atoms with Crippen molar-refractivity contribution in [2.45, 2.75) is 0 Å². The third-order valence-corrected chi connectivity index (χ3v) is 2.29. The molecule has 0 saturated carbocycles. The zero-order valence-electron chi connectivity index (χ0n) is 8.77. The van der Waals surface area contributed by atoms with Gasteiger partial charge >= 0.3 is 0 Å². The van der Waals surface area contributed by atoms with Crippen molar-refractivity contribution < 1.29 is 14.5 Å². The maximum atomic E-state index is 11.5. The number of methoxy groups -OCH3 is 1. The van der Waals surface area contributed by atoms with Crippen LogP contribution < -0.4 is 4.74 Å². The Morgan fingerprint density at radius 1 is 1.65 bits per heavy atom. The van der Waals surface area contributed by atoms with Crippen molar-refractivity contribution in [3.8, 4) is 11.8 Å². The lowest BCUT2D eigenvalue weighted by Gasteiger charge is -2.05. The molecule has 0 saturated heterocycles. The summed E-state index contributed by atoms with van der Waals surface area (Å²) in [5.74, 6) is -0.840. The number of halogens is 1. The monoisotopic (exact) mass is 254 g/mol. The summed E-state index contributed by atoms with van der Waals surface area (Å²) in [6.07, 6.45) is 0. The van der Waals surface area contributed by atoms with Crippen molar-refractivity contribution in [1.29, 1.82) is 5.26 Å². The zero-order valence-corrected chi connectivity index (χ0v) is 9.52. The molecule has 1 rings (SSSR count). The van der Waals surface area contributed by atoms with Gasteiger partial charge in [0.15, 0.2) is 5.78 Å². The molecule has 1 aromatic carbocycles. The van der Waals surface area contributed by atoms with Crippen molar-refractivity contribution in [1.82, 2.24) is 0 Å². The van der Waals surface area contributed by atoms with Crippen molar-refractivity contribution in [2.24, 2.45) is 0 Å². The highest BCUT2D eigenvalue weighted by atomic mass is 35.5. The van der Waals surface area contributed by atoms with Crippen LogP contribution in [0.15, 0.2) is 12.1 Å². The van der Waals surface area contributed by atoms with Crippen molar-refractivity contribution in [2.75, 3.05) is 13.0 Å². The Morgan fingerprint density at radius 3 is 2.71 bits per heavy atom. The minimum atomic E-state index is -0.780. The van der Waals surface area contributed by atoms with E-state index in [0.717, 1.165) is 0 Å². The second-order valence-electron chi connectivity index (χ2n) is 3.00. The van der Waals surface area contributed by atoms with E-state index >= 15 is 0 Å². The molecule has 0 amide bonds. The summed E-state index contributed by atoms with van der Waals surface area (Å²) < 4.78 is 4.86. The lowest BCUT2D eigenvalue weighted by molar-refractivity contribution is -0.385. The predicted octanol–water partition coefficient (Wildman–Crippen LogP) is 1.90.